The number of nitrogens with zero attached hydrogens (tertiary/aromatic N) is 3. The zero-order valence-corrected chi connectivity index (χ0v) is 15.0. The summed E-state index contributed by atoms with van der Waals surface area (Å²) in [6.07, 6.45) is 0. The SMILES string of the molecule is Cn1nc(C(=O)N2CCOCC2)cc1C(=O)Nc1ccc(Cl)c(Cl)c1. The van der Waals surface area contributed by atoms with Crippen LogP contribution in [0.15, 0.2) is 24.3 Å². The topological polar surface area (TPSA) is 76.5 Å². The third-order valence-electron chi connectivity index (χ3n) is 3.81. The fourth-order valence-electron chi connectivity index (χ4n) is 2.48. The Hall–Kier alpha value is -2.09. The molecule has 2 heterocycles. The predicted octanol–water partition coefficient (Wildman–Crippen LogP) is 2.45. The number of aromatic nitrogens is 2. The van der Waals surface area contributed by atoms with E-state index in [1.165, 1.54) is 10.7 Å². The van der Waals surface area contributed by atoms with E-state index in [2.05, 4.69) is 10.4 Å². The van der Waals surface area contributed by atoms with E-state index in [-0.39, 0.29) is 17.3 Å². The van der Waals surface area contributed by atoms with Crippen molar-refractivity contribution >= 4 is 40.7 Å². The summed E-state index contributed by atoms with van der Waals surface area (Å²) >= 11 is 11.8. The van der Waals surface area contributed by atoms with Crippen molar-refractivity contribution in [1.82, 2.24) is 14.7 Å². The number of morpholine rings is 1. The van der Waals surface area contributed by atoms with Gasteiger partial charge in [0.15, 0.2) is 5.69 Å². The third-order valence-corrected chi connectivity index (χ3v) is 4.55. The van der Waals surface area contributed by atoms with Crippen molar-refractivity contribution in [3.63, 3.8) is 0 Å². The number of carbonyl (C=O) groups excluding carboxylic acids is 2. The number of ether oxygens (including phenoxy) is 1. The lowest BCUT2D eigenvalue weighted by atomic mass is 10.2. The molecule has 0 radical (unpaired) electrons. The van der Waals surface area contributed by atoms with Gasteiger partial charge in [-0.2, -0.15) is 5.10 Å². The molecule has 1 aromatic heterocycles. The lowest BCUT2D eigenvalue weighted by Crippen LogP contribution is -2.40. The number of amides is 2. The van der Waals surface area contributed by atoms with Crippen LogP contribution in [0.2, 0.25) is 10.0 Å². The van der Waals surface area contributed by atoms with Crippen LogP contribution in [0.25, 0.3) is 0 Å². The quantitative estimate of drug-likeness (QED) is 0.884. The Balaban J connectivity index is 1.75. The summed E-state index contributed by atoms with van der Waals surface area (Å²) in [5.74, 6) is -0.609. The molecular formula is C16H16Cl2N4O3. The van der Waals surface area contributed by atoms with E-state index in [1.807, 2.05) is 0 Å². The first kappa shape index (κ1) is 17.7. The van der Waals surface area contributed by atoms with Crippen molar-refractivity contribution in [3.05, 3.63) is 45.7 Å². The number of aryl methyl sites for hydroxylation is 1. The Morgan fingerprint density at radius 1 is 1.16 bits per heavy atom. The van der Waals surface area contributed by atoms with Crippen LogP contribution in [0.5, 0.6) is 0 Å². The van der Waals surface area contributed by atoms with E-state index in [9.17, 15) is 9.59 Å². The average Bonchev–Trinajstić information content (AvgIpc) is 3.00. The normalized spacial score (nSPS) is 14.4. The Bertz CT molecular complexity index is 816. The molecule has 0 spiro atoms. The molecule has 0 aliphatic carbocycles. The predicted molar refractivity (Wildman–Crippen MR) is 94.3 cm³/mol. The molecule has 1 N–H and O–H groups in total. The second kappa shape index (κ2) is 7.43. The molecule has 1 aromatic carbocycles. The first-order chi connectivity index (χ1) is 12.0. The Labute approximate surface area is 154 Å². The maximum Gasteiger partial charge on any atom is 0.274 e. The highest BCUT2D eigenvalue weighted by Gasteiger charge is 2.23. The van der Waals surface area contributed by atoms with Crippen LogP contribution in [0.4, 0.5) is 5.69 Å². The van der Waals surface area contributed by atoms with Gasteiger partial charge in [-0.15, -0.1) is 0 Å². The van der Waals surface area contributed by atoms with Gasteiger partial charge < -0.3 is 15.0 Å². The second-order valence-corrected chi connectivity index (χ2v) is 6.34. The first-order valence-electron chi connectivity index (χ1n) is 7.63. The van der Waals surface area contributed by atoms with Gasteiger partial charge in [-0.25, -0.2) is 0 Å². The molecule has 132 valence electrons. The van der Waals surface area contributed by atoms with E-state index in [1.54, 1.807) is 30.1 Å². The van der Waals surface area contributed by atoms with Crippen molar-refractivity contribution in [2.45, 2.75) is 0 Å². The van der Waals surface area contributed by atoms with Crippen LogP contribution in [-0.4, -0.2) is 52.8 Å². The fourth-order valence-corrected chi connectivity index (χ4v) is 2.78. The lowest BCUT2D eigenvalue weighted by Gasteiger charge is -2.25. The van der Waals surface area contributed by atoms with Gasteiger partial charge in [0.05, 0.1) is 23.3 Å². The number of anilines is 1. The largest absolute Gasteiger partial charge is 0.378 e. The first-order valence-corrected chi connectivity index (χ1v) is 8.39. The molecule has 1 aliphatic rings. The number of carbonyl (C=O) groups is 2. The molecule has 25 heavy (non-hydrogen) atoms. The molecule has 3 rings (SSSR count). The van der Waals surface area contributed by atoms with Crippen molar-refractivity contribution in [3.8, 4) is 0 Å². The third kappa shape index (κ3) is 3.95. The number of hydrogen-bond acceptors (Lipinski definition) is 4. The molecule has 0 saturated carbocycles. The van der Waals surface area contributed by atoms with E-state index >= 15 is 0 Å². The standard InChI is InChI=1S/C16H16Cl2N4O3/c1-21-14(15(23)19-10-2-3-11(17)12(18)8-10)9-13(20-21)16(24)22-4-6-25-7-5-22/h2-3,8-9H,4-7H2,1H3,(H,19,23). The molecule has 9 heteroatoms. The molecule has 7 nitrogen and oxygen atoms in total. The highest BCUT2D eigenvalue weighted by atomic mass is 35.5. The molecule has 0 bridgehead atoms. The highest BCUT2D eigenvalue weighted by molar-refractivity contribution is 6.42. The Morgan fingerprint density at radius 3 is 2.56 bits per heavy atom. The molecule has 1 saturated heterocycles. The van der Waals surface area contributed by atoms with Gasteiger partial charge >= 0.3 is 0 Å². The Morgan fingerprint density at radius 2 is 1.88 bits per heavy atom. The van der Waals surface area contributed by atoms with Gasteiger partial charge in [0.1, 0.15) is 5.69 Å². The van der Waals surface area contributed by atoms with E-state index < -0.39 is 5.91 Å². The van der Waals surface area contributed by atoms with Gasteiger partial charge in [0.2, 0.25) is 0 Å². The summed E-state index contributed by atoms with van der Waals surface area (Å²) in [6, 6.07) is 6.26. The lowest BCUT2D eigenvalue weighted by molar-refractivity contribution is 0.0298. The van der Waals surface area contributed by atoms with Gasteiger partial charge in [0, 0.05) is 31.9 Å². The van der Waals surface area contributed by atoms with Crippen LogP contribution in [0.1, 0.15) is 21.0 Å². The molecule has 0 unspecified atom stereocenters. The minimum absolute atomic E-state index is 0.215. The minimum atomic E-state index is -0.394. The van der Waals surface area contributed by atoms with Crippen LogP contribution >= 0.6 is 23.2 Å². The number of halogens is 2. The summed E-state index contributed by atoms with van der Waals surface area (Å²) in [5.41, 5.74) is 0.994. The van der Waals surface area contributed by atoms with Crippen LogP contribution in [0.3, 0.4) is 0 Å². The maximum absolute atomic E-state index is 12.5. The maximum atomic E-state index is 12.5. The summed E-state index contributed by atoms with van der Waals surface area (Å²) in [5, 5.41) is 7.61. The van der Waals surface area contributed by atoms with E-state index in [4.69, 9.17) is 27.9 Å². The van der Waals surface area contributed by atoms with Gasteiger partial charge in [0.25, 0.3) is 11.8 Å². The van der Waals surface area contributed by atoms with Crippen molar-refractivity contribution < 1.29 is 14.3 Å². The minimum Gasteiger partial charge on any atom is -0.378 e. The smallest absolute Gasteiger partial charge is 0.274 e. The fraction of sp³-hybridized carbons (Fsp3) is 0.312. The zero-order valence-electron chi connectivity index (χ0n) is 13.5. The van der Waals surface area contributed by atoms with Gasteiger partial charge in [-0.05, 0) is 18.2 Å². The van der Waals surface area contributed by atoms with Crippen molar-refractivity contribution in [2.75, 3.05) is 31.6 Å². The zero-order chi connectivity index (χ0) is 18.0. The van der Waals surface area contributed by atoms with Crippen molar-refractivity contribution in [2.24, 2.45) is 7.05 Å². The van der Waals surface area contributed by atoms with E-state index in [0.717, 1.165) is 0 Å². The Kier molecular flexibility index (Phi) is 5.27. The number of nitrogens with one attached hydrogen (secondary N) is 1. The summed E-state index contributed by atoms with van der Waals surface area (Å²) in [4.78, 5) is 26.6. The van der Waals surface area contributed by atoms with Crippen LogP contribution < -0.4 is 5.32 Å². The summed E-state index contributed by atoms with van der Waals surface area (Å²) in [7, 11) is 1.61. The molecular weight excluding hydrogens is 367 g/mol. The summed E-state index contributed by atoms with van der Waals surface area (Å²) in [6.45, 7) is 2.03. The molecule has 0 atom stereocenters. The molecule has 1 aliphatic heterocycles. The second-order valence-electron chi connectivity index (χ2n) is 5.53. The van der Waals surface area contributed by atoms with Gasteiger partial charge in [-0.3, -0.25) is 14.3 Å². The number of rotatable bonds is 3. The molecule has 1 fully saturated rings. The number of hydrogen-bond donors (Lipinski definition) is 1. The highest BCUT2D eigenvalue weighted by Crippen LogP contribution is 2.25. The molecule has 2 aromatic rings. The molecule has 2 amide bonds. The van der Waals surface area contributed by atoms with Crippen LogP contribution in [0, 0.1) is 0 Å². The number of benzene rings is 1. The van der Waals surface area contributed by atoms with Gasteiger partial charge in [-0.1, -0.05) is 23.2 Å². The van der Waals surface area contributed by atoms with Crippen LogP contribution in [-0.2, 0) is 11.8 Å². The average molecular weight is 383 g/mol. The van der Waals surface area contributed by atoms with E-state index in [0.29, 0.717) is 42.0 Å². The van der Waals surface area contributed by atoms with Crippen molar-refractivity contribution in [1.29, 1.82) is 0 Å². The monoisotopic (exact) mass is 382 g/mol. The summed E-state index contributed by atoms with van der Waals surface area (Å²) < 4.78 is 6.61.